The summed E-state index contributed by atoms with van der Waals surface area (Å²) in [7, 11) is 0. The number of fused-ring (bicyclic) bond motifs is 8. The number of hydrogen-bond acceptors (Lipinski definition) is 4. The maximum absolute atomic E-state index is 7.04. The van der Waals surface area contributed by atoms with Crippen LogP contribution in [-0.2, 0) is 23.7 Å². The van der Waals surface area contributed by atoms with Crippen molar-refractivity contribution in [2.45, 2.75) is 85.0 Å². The lowest BCUT2D eigenvalue weighted by molar-refractivity contribution is 0.479. The van der Waals surface area contributed by atoms with Gasteiger partial charge in [0, 0.05) is 27.7 Å². The first kappa shape index (κ1) is 31.7. The van der Waals surface area contributed by atoms with Gasteiger partial charge in [-0.25, -0.2) is 0 Å². The fourth-order valence-corrected chi connectivity index (χ4v) is 8.20. The van der Waals surface area contributed by atoms with Crippen LogP contribution in [0.2, 0.25) is 0 Å². The van der Waals surface area contributed by atoms with E-state index >= 15 is 0 Å². The Labute approximate surface area is 301 Å². The zero-order valence-corrected chi connectivity index (χ0v) is 31.0. The zero-order valence-electron chi connectivity index (χ0n) is 31.0. The smallest absolute Gasteiger partial charge is 0.144 e. The van der Waals surface area contributed by atoms with E-state index in [0.29, 0.717) is 0 Å². The summed E-state index contributed by atoms with van der Waals surface area (Å²) in [6.45, 7) is 18.1. The van der Waals surface area contributed by atoms with Crippen LogP contribution in [0.1, 0.15) is 101 Å². The van der Waals surface area contributed by atoms with Crippen LogP contribution in [0.15, 0.2) is 112 Å². The first-order valence-corrected chi connectivity index (χ1v) is 18.5. The lowest BCUT2D eigenvalue weighted by Crippen LogP contribution is -2.28. The van der Waals surface area contributed by atoms with Gasteiger partial charge in [-0.2, -0.15) is 0 Å². The molecule has 0 radical (unpaired) electrons. The minimum Gasteiger partial charge on any atom is -0.458 e. The molecule has 2 aliphatic heterocycles. The topological polar surface area (TPSA) is 32.8 Å². The van der Waals surface area contributed by atoms with E-state index in [1.165, 1.54) is 27.8 Å². The molecule has 2 aromatic heterocycles. The van der Waals surface area contributed by atoms with Crippen molar-refractivity contribution in [3.05, 3.63) is 142 Å². The second-order valence-electron chi connectivity index (χ2n) is 16.4. The predicted octanol–water partition coefficient (Wildman–Crippen LogP) is 13.6. The molecule has 9 rings (SSSR count). The highest BCUT2D eigenvalue weighted by Gasteiger charge is 2.47. The molecular formula is C47H46N2O2. The average Bonchev–Trinajstić information content (AvgIpc) is 3.69. The molecule has 5 aromatic carbocycles. The quantitative estimate of drug-likeness (QED) is 0.187. The molecule has 0 unspecified atom stereocenters. The van der Waals surface area contributed by atoms with Gasteiger partial charge in [0.2, 0.25) is 0 Å². The first-order chi connectivity index (χ1) is 24.5. The van der Waals surface area contributed by atoms with Crippen molar-refractivity contribution in [1.82, 2.24) is 0 Å². The largest absolute Gasteiger partial charge is 0.458 e. The number of benzene rings is 5. The average molecular weight is 671 g/mol. The summed E-state index contributed by atoms with van der Waals surface area (Å²) in [6, 6.07) is 38.3. The summed E-state index contributed by atoms with van der Waals surface area (Å²) >= 11 is 0. The van der Waals surface area contributed by atoms with E-state index in [9.17, 15) is 0 Å². The maximum atomic E-state index is 7.04. The van der Waals surface area contributed by atoms with E-state index in [1.807, 2.05) is 0 Å². The van der Waals surface area contributed by atoms with Gasteiger partial charge in [-0.15, -0.1) is 0 Å². The van der Waals surface area contributed by atoms with Crippen molar-refractivity contribution in [2.24, 2.45) is 0 Å². The fourth-order valence-electron chi connectivity index (χ4n) is 8.20. The van der Waals surface area contributed by atoms with Crippen molar-refractivity contribution in [3.8, 4) is 0 Å². The molecular weight excluding hydrogens is 625 g/mol. The monoisotopic (exact) mass is 670 g/mol. The normalized spacial score (nSPS) is 14.3. The molecule has 0 amide bonds. The summed E-state index contributed by atoms with van der Waals surface area (Å²) in [5, 5.41) is 2.26. The lowest BCUT2D eigenvalue weighted by Gasteiger charge is -2.41. The number of nitrogens with zero attached hydrogens (tertiary/aromatic N) is 2. The van der Waals surface area contributed by atoms with Crippen LogP contribution in [0, 0.1) is 0 Å². The molecule has 0 saturated heterocycles. The summed E-state index contributed by atoms with van der Waals surface area (Å²) < 4.78 is 14.1. The van der Waals surface area contributed by atoms with Crippen LogP contribution < -0.4 is 9.80 Å². The molecule has 0 bridgehead atoms. The van der Waals surface area contributed by atoms with E-state index in [0.717, 1.165) is 80.4 Å². The number of hydrogen-bond donors (Lipinski definition) is 0. The first-order valence-electron chi connectivity index (χ1n) is 18.5. The highest BCUT2D eigenvalue weighted by molar-refractivity contribution is 6.07. The molecule has 0 saturated carbocycles. The Balaban J connectivity index is 1.37. The van der Waals surface area contributed by atoms with Crippen LogP contribution >= 0.6 is 0 Å². The predicted molar refractivity (Wildman–Crippen MR) is 212 cm³/mol. The van der Waals surface area contributed by atoms with Crippen LogP contribution in [0.3, 0.4) is 0 Å². The standard InChI is InChI=1S/C47H46N2O2/c1-9-28-14-24-38-34(26-28)42-44(50-38)41-40-36(48(42)32-20-16-30(17-21-32)46(3,4)5)12-11-13-37(40)49(33-22-18-31(19-23-33)47(6,7)8)43-35-27-29(10-2)15-25-39(35)51-45(41)43/h11-27,41H,9-10H2,1-8H3. The molecule has 7 aromatic rings. The highest BCUT2D eigenvalue weighted by atomic mass is 16.4. The third-order valence-corrected chi connectivity index (χ3v) is 11.1. The number of furan rings is 2. The SMILES string of the molecule is CCc1ccc2oc3c(c2c1)N(c1ccc(C(C)(C)C)cc1)c1cccc2c1C3c1oc3ccc(CC)cc3c1N2c1ccc(C(C)(C)C)cc1. The zero-order chi connectivity index (χ0) is 35.4. The van der Waals surface area contributed by atoms with Gasteiger partial charge in [-0.3, -0.25) is 0 Å². The van der Waals surface area contributed by atoms with Crippen molar-refractivity contribution in [1.29, 1.82) is 0 Å². The van der Waals surface area contributed by atoms with Crippen LogP contribution in [0.25, 0.3) is 21.9 Å². The van der Waals surface area contributed by atoms with Crippen LogP contribution in [0.4, 0.5) is 34.1 Å². The molecule has 4 heterocycles. The minimum absolute atomic E-state index is 0.0549. The highest BCUT2D eigenvalue weighted by Crippen LogP contribution is 2.63. The molecule has 0 N–H and O–H groups in total. The van der Waals surface area contributed by atoms with E-state index in [1.54, 1.807) is 0 Å². The molecule has 0 spiro atoms. The molecule has 0 fully saturated rings. The van der Waals surface area contributed by atoms with Gasteiger partial charge in [0.1, 0.15) is 28.6 Å². The maximum Gasteiger partial charge on any atom is 0.144 e. The summed E-state index contributed by atoms with van der Waals surface area (Å²) in [5.74, 6) is 1.64. The second kappa shape index (κ2) is 11.1. The minimum atomic E-state index is -0.216. The van der Waals surface area contributed by atoms with E-state index in [4.69, 9.17) is 8.83 Å². The molecule has 51 heavy (non-hydrogen) atoms. The second-order valence-corrected chi connectivity index (χ2v) is 16.4. The molecule has 0 aliphatic carbocycles. The van der Waals surface area contributed by atoms with Gasteiger partial charge in [0.15, 0.2) is 0 Å². The van der Waals surface area contributed by atoms with Gasteiger partial charge in [0.05, 0.1) is 22.7 Å². The summed E-state index contributed by atoms with van der Waals surface area (Å²) in [6.07, 6.45) is 1.91. The third-order valence-electron chi connectivity index (χ3n) is 11.1. The van der Waals surface area contributed by atoms with Crippen molar-refractivity contribution in [2.75, 3.05) is 9.80 Å². The Hall–Kier alpha value is -5.22. The van der Waals surface area contributed by atoms with E-state index in [-0.39, 0.29) is 16.7 Å². The van der Waals surface area contributed by atoms with Gasteiger partial charge in [-0.1, -0.05) is 97.9 Å². The van der Waals surface area contributed by atoms with Gasteiger partial charge >= 0.3 is 0 Å². The molecule has 4 nitrogen and oxygen atoms in total. The number of rotatable bonds is 4. The molecule has 2 aliphatic rings. The van der Waals surface area contributed by atoms with Crippen molar-refractivity contribution < 1.29 is 8.83 Å². The fraction of sp³-hybridized carbons (Fsp3) is 0.277. The van der Waals surface area contributed by atoms with E-state index < -0.39 is 0 Å². The lowest BCUT2D eigenvalue weighted by atomic mass is 9.81. The Kier molecular flexibility index (Phi) is 6.93. The van der Waals surface area contributed by atoms with Gasteiger partial charge < -0.3 is 18.6 Å². The molecule has 4 heteroatoms. The van der Waals surface area contributed by atoms with Gasteiger partial charge in [-0.05, 0) is 107 Å². The Morgan fingerprint density at radius 1 is 0.529 bits per heavy atom. The van der Waals surface area contributed by atoms with Crippen LogP contribution in [0.5, 0.6) is 0 Å². The molecule has 0 atom stereocenters. The van der Waals surface area contributed by atoms with Crippen molar-refractivity contribution in [3.63, 3.8) is 0 Å². The third kappa shape index (κ3) is 4.79. The van der Waals surface area contributed by atoms with Crippen molar-refractivity contribution >= 4 is 56.1 Å². The number of anilines is 6. The Bertz CT molecular complexity index is 2290. The van der Waals surface area contributed by atoms with Gasteiger partial charge in [0.25, 0.3) is 0 Å². The Morgan fingerprint density at radius 2 is 0.941 bits per heavy atom. The number of aryl methyl sites for hydroxylation is 2. The summed E-state index contributed by atoms with van der Waals surface area (Å²) in [4.78, 5) is 4.87. The molecule has 256 valence electrons. The van der Waals surface area contributed by atoms with Crippen LogP contribution in [-0.4, -0.2) is 0 Å². The summed E-state index contributed by atoms with van der Waals surface area (Å²) in [5.41, 5.74) is 15.0. The van der Waals surface area contributed by atoms with E-state index in [2.05, 4.69) is 168 Å². The Morgan fingerprint density at radius 3 is 1.31 bits per heavy atom.